The molecular weight excluding hydrogens is 324 g/mol. The highest BCUT2D eigenvalue weighted by atomic mass is 35.5. The van der Waals surface area contributed by atoms with Crippen LogP contribution in [0.1, 0.15) is 12.5 Å². The molecule has 2 aromatic rings. The third kappa shape index (κ3) is 4.63. The lowest BCUT2D eigenvalue weighted by molar-refractivity contribution is 0.319. The maximum atomic E-state index is 6.08. The number of halogens is 1. The van der Waals surface area contributed by atoms with Gasteiger partial charge in [0.05, 0.1) is 7.11 Å². The molecule has 0 amide bonds. The molecule has 4 nitrogen and oxygen atoms in total. The molecule has 0 aromatic heterocycles. The quantitative estimate of drug-likeness (QED) is 0.895. The average Bonchev–Trinajstić information content (AvgIpc) is 2.88. The van der Waals surface area contributed by atoms with E-state index in [1.807, 2.05) is 36.4 Å². The van der Waals surface area contributed by atoms with Gasteiger partial charge in [-0.3, -0.25) is 4.90 Å². The van der Waals surface area contributed by atoms with Gasteiger partial charge >= 0.3 is 0 Å². The molecule has 2 aromatic carbocycles. The standard InChI is InChI=1S/C19H24N2O2.ClH/c1-14-11-21(13-19(14)20)12-15-3-5-17(6-4-15)23-18-9-7-16(22-2)8-10-18;/h3-10,14,19H,11-13,20H2,1-2H3;1H. The van der Waals surface area contributed by atoms with E-state index in [1.165, 1.54) is 5.56 Å². The zero-order chi connectivity index (χ0) is 16.2. The van der Waals surface area contributed by atoms with Crippen LogP contribution in [-0.4, -0.2) is 31.1 Å². The summed E-state index contributed by atoms with van der Waals surface area (Å²) in [6.45, 7) is 5.22. The van der Waals surface area contributed by atoms with E-state index < -0.39 is 0 Å². The molecule has 0 spiro atoms. The van der Waals surface area contributed by atoms with Gasteiger partial charge in [0.1, 0.15) is 17.2 Å². The van der Waals surface area contributed by atoms with Crippen molar-refractivity contribution >= 4 is 12.4 Å². The van der Waals surface area contributed by atoms with Crippen molar-refractivity contribution < 1.29 is 9.47 Å². The Labute approximate surface area is 150 Å². The highest BCUT2D eigenvalue weighted by Crippen LogP contribution is 2.25. The number of hydrogen-bond donors (Lipinski definition) is 1. The van der Waals surface area contributed by atoms with Crippen LogP contribution in [0.15, 0.2) is 48.5 Å². The van der Waals surface area contributed by atoms with Gasteiger partial charge in [0, 0.05) is 25.7 Å². The van der Waals surface area contributed by atoms with Crippen LogP contribution in [0.5, 0.6) is 17.2 Å². The third-order valence-electron chi connectivity index (χ3n) is 4.37. The second kappa shape index (κ2) is 8.38. The fraction of sp³-hybridized carbons (Fsp3) is 0.368. The summed E-state index contributed by atoms with van der Waals surface area (Å²) >= 11 is 0. The predicted octanol–water partition coefficient (Wildman–Crippen LogP) is 3.69. The third-order valence-corrected chi connectivity index (χ3v) is 4.37. The number of hydrogen-bond acceptors (Lipinski definition) is 4. The number of nitrogens with two attached hydrogens (primary N) is 1. The van der Waals surface area contributed by atoms with Crippen molar-refractivity contribution in [2.45, 2.75) is 19.5 Å². The van der Waals surface area contributed by atoms with Gasteiger partial charge in [0.2, 0.25) is 0 Å². The van der Waals surface area contributed by atoms with Crippen molar-refractivity contribution in [1.82, 2.24) is 4.90 Å². The number of nitrogens with zero attached hydrogens (tertiary/aromatic N) is 1. The van der Waals surface area contributed by atoms with E-state index in [0.717, 1.165) is 36.9 Å². The van der Waals surface area contributed by atoms with Crippen LogP contribution in [0, 0.1) is 5.92 Å². The van der Waals surface area contributed by atoms with Crippen molar-refractivity contribution in [3.63, 3.8) is 0 Å². The summed E-state index contributed by atoms with van der Waals surface area (Å²) in [4.78, 5) is 2.41. The van der Waals surface area contributed by atoms with Crippen molar-refractivity contribution in [3.05, 3.63) is 54.1 Å². The summed E-state index contributed by atoms with van der Waals surface area (Å²) in [5.41, 5.74) is 7.37. The molecule has 24 heavy (non-hydrogen) atoms. The molecule has 1 aliphatic rings. The smallest absolute Gasteiger partial charge is 0.127 e. The van der Waals surface area contributed by atoms with Gasteiger partial charge in [-0.15, -0.1) is 12.4 Å². The van der Waals surface area contributed by atoms with E-state index in [2.05, 4.69) is 24.0 Å². The second-order valence-corrected chi connectivity index (χ2v) is 6.26. The first-order valence-electron chi connectivity index (χ1n) is 8.03. The summed E-state index contributed by atoms with van der Waals surface area (Å²) < 4.78 is 11.0. The number of methoxy groups -OCH3 is 1. The van der Waals surface area contributed by atoms with E-state index in [0.29, 0.717) is 12.0 Å². The minimum atomic E-state index is 0. The monoisotopic (exact) mass is 348 g/mol. The fourth-order valence-electron chi connectivity index (χ4n) is 2.93. The van der Waals surface area contributed by atoms with E-state index in [1.54, 1.807) is 7.11 Å². The molecule has 2 unspecified atom stereocenters. The Morgan fingerprint density at radius 2 is 1.50 bits per heavy atom. The van der Waals surface area contributed by atoms with E-state index in [4.69, 9.17) is 15.2 Å². The fourth-order valence-corrected chi connectivity index (χ4v) is 2.93. The van der Waals surface area contributed by atoms with Crippen LogP contribution >= 0.6 is 12.4 Å². The second-order valence-electron chi connectivity index (χ2n) is 6.26. The maximum Gasteiger partial charge on any atom is 0.127 e. The first kappa shape index (κ1) is 18.6. The van der Waals surface area contributed by atoms with Gasteiger partial charge in [-0.25, -0.2) is 0 Å². The zero-order valence-electron chi connectivity index (χ0n) is 14.1. The normalized spacial score (nSPS) is 20.5. The van der Waals surface area contributed by atoms with E-state index >= 15 is 0 Å². The van der Waals surface area contributed by atoms with Gasteiger partial charge in [-0.1, -0.05) is 19.1 Å². The summed E-state index contributed by atoms with van der Waals surface area (Å²) in [6, 6.07) is 16.1. The Kier molecular flexibility index (Phi) is 6.49. The predicted molar refractivity (Wildman–Crippen MR) is 99.2 cm³/mol. The summed E-state index contributed by atoms with van der Waals surface area (Å²) in [6.07, 6.45) is 0. The average molecular weight is 349 g/mol. The molecule has 1 aliphatic heterocycles. The van der Waals surface area contributed by atoms with Gasteiger partial charge < -0.3 is 15.2 Å². The van der Waals surface area contributed by atoms with Crippen molar-refractivity contribution in [1.29, 1.82) is 0 Å². The highest BCUT2D eigenvalue weighted by molar-refractivity contribution is 5.85. The summed E-state index contributed by atoms with van der Waals surface area (Å²) in [5.74, 6) is 3.04. The number of benzene rings is 2. The summed E-state index contributed by atoms with van der Waals surface area (Å²) in [7, 11) is 1.66. The molecule has 0 bridgehead atoms. The Bertz CT molecular complexity index is 621. The van der Waals surface area contributed by atoms with Gasteiger partial charge in [-0.05, 0) is 47.9 Å². The molecule has 0 aliphatic carbocycles. The lowest BCUT2D eigenvalue weighted by Crippen LogP contribution is -2.28. The molecule has 2 atom stereocenters. The van der Waals surface area contributed by atoms with E-state index in [-0.39, 0.29) is 12.4 Å². The minimum Gasteiger partial charge on any atom is -0.497 e. The van der Waals surface area contributed by atoms with Gasteiger partial charge in [-0.2, -0.15) is 0 Å². The Hall–Kier alpha value is -1.75. The number of ether oxygens (including phenoxy) is 2. The molecule has 1 fully saturated rings. The van der Waals surface area contributed by atoms with Gasteiger partial charge in [0.25, 0.3) is 0 Å². The Balaban J connectivity index is 0.00000208. The van der Waals surface area contributed by atoms with Crippen LogP contribution in [0.25, 0.3) is 0 Å². The molecular formula is C19H25ClN2O2. The Morgan fingerprint density at radius 1 is 0.958 bits per heavy atom. The molecule has 1 heterocycles. The Morgan fingerprint density at radius 3 is 2.00 bits per heavy atom. The van der Waals surface area contributed by atoms with Gasteiger partial charge in [0.15, 0.2) is 0 Å². The lowest BCUT2D eigenvalue weighted by atomic mass is 10.1. The molecule has 130 valence electrons. The van der Waals surface area contributed by atoms with Crippen LogP contribution in [0.4, 0.5) is 0 Å². The topological polar surface area (TPSA) is 47.7 Å². The van der Waals surface area contributed by atoms with Crippen molar-refractivity contribution in [2.75, 3.05) is 20.2 Å². The van der Waals surface area contributed by atoms with E-state index in [9.17, 15) is 0 Å². The number of likely N-dealkylation sites (tertiary alicyclic amines) is 1. The first-order chi connectivity index (χ1) is 11.1. The highest BCUT2D eigenvalue weighted by Gasteiger charge is 2.26. The van der Waals surface area contributed by atoms with Crippen LogP contribution < -0.4 is 15.2 Å². The largest absolute Gasteiger partial charge is 0.497 e. The van der Waals surface area contributed by atoms with Crippen molar-refractivity contribution in [3.8, 4) is 17.2 Å². The molecule has 2 N–H and O–H groups in total. The maximum absolute atomic E-state index is 6.08. The minimum absolute atomic E-state index is 0. The molecule has 5 heteroatoms. The summed E-state index contributed by atoms with van der Waals surface area (Å²) in [5, 5.41) is 0. The van der Waals surface area contributed by atoms with Crippen LogP contribution in [0.2, 0.25) is 0 Å². The van der Waals surface area contributed by atoms with Crippen LogP contribution in [-0.2, 0) is 6.54 Å². The SMILES string of the molecule is COc1ccc(Oc2ccc(CN3CC(C)C(N)C3)cc2)cc1.Cl. The molecule has 3 rings (SSSR count). The van der Waals surface area contributed by atoms with Crippen molar-refractivity contribution in [2.24, 2.45) is 11.7 Å². The molecule has 0 saturated carbocycles. The van der Waals surface area contributed by atoms with Crippen LogP contribution in [0.3, 0.4) is 0 Å². The number of rotatable bonds is 5. The lowest BCUT2D eigenvalue weighted by Gasteiger charge is -2.15. The molecule has 0 radical (unpaired) electrons. The zero-order valence-corrected chi connectivity index (χ0v) is 15.0. The first-order valence-corrected chi connectivity index (χ1v) is 8.03. The molecule has 1 saturated heterocycles.